The molecule has 0 atom stereocenters. The first-order chi connectivity index (χ1) is 9.15. The highest BCUT2D eigenvalue weighted by Gasteiger charge is 2.21. The molecule has 1 aliphatic heterocycles. The number of hydrogen-bond donors (Lipinski definition) is 3. The fourth-order valence-corrected chi connectivity index (χ4v) is 3.43. The van der Waals surface area contributed by atoms with E-state index in [0.717, 1.165) is 30.1 Å². The van der Waals surface area contributed by atoms with Crippen LogP contribution < -0.4 is 16.4 Å². The third kappa shape index (κ3) is 4.48. The lowest BCUT2D eigenvalue weighted by atomic mass is 9.97. The van der Waals surface area contributed by atoms with Crippen LogP contribution in [0.1, 0.15) is 12.8 Å². The van der Waals surface area contributed by atoms with Crippen LogP contribution in [0.25, 0.3) is 0 Å². The molecule has 1 saturated heterocycles. The number of carbonyl (C=O) groups excluding carboxylic acids is 2. The van der Waals surface area contributed by atoms with Crippen molar-refractivity contribution in [3.8, 4) is 0 Å². The molecule has 4 N–H and O–H groups in total. The van der Waals surface area contributed by atoms with Crippen molar-refractivity contribution < 1.29 is 9.59 Å². The molecule has 1 aliphatic rings. The molecule has 1 aromatic rings. The highest BCUT2D eigenvalue weighted by molar-refractivity contribution is 8.01. The minimum atomic E-state index is -0.362. The van der Waals surface area contributed by atoms with E-state index in [1.54, 1.807) is 6.20 Å². The molecule has 0 spiro atoms. The smallest absolute Gasteiger partial charge is 0.229 e. The summed E-state index contributed by atoms with van der Waals surface area (Å²) in [4.78, 5) is 26.8. The molecule has 19 heavy (non-hydrogen) atoms. The molecule has 8 heteroatoms. The Labute approximate surface area is 119 Å². The van der Waals surface area contributed by atoms with Crippen molar-refractivity contribution in [1.82, 2.24) is 10.3 Å². The molecule has 6 nitrogen and oxygen atoms in total. The first kappa shape index (κ1) is 14.3. The van der Waals surface area contributed by atoms with Gasteiger partial charge in [-0.15, -0.1) is 11.8 Å². The number of carbonyl (C=O) groups is 2. The second-order valence-electron chi connectivity index (χ2n) is 4.25. The molecular formula is C11H16N4O2S2. The van der Waals surface area contributed by atoms with Crippen LogP contribution in [-0.4, -0.2) is 35.6 Å². The maximum atomic E-state index is 12.0. The second-order valence-corrected chi connectivity index (χ2v) is 6.56. The van der Waals surface area contributed by atoms with Gasteiger partial charge in [-0.05, 0) is 25.9 Å². The summed E-state index contributed by atoms with van der Waals surface area (Å²) in [5.41, 5.74) is 5.07. The lowest BCUT2D eigenvalue weighted by Crippen LogP contribution is -2.34. The molecule has 0 saturated carbocycles. The Morgan fingerprint density at radius 1 is 1.53 bits per heavy atom. The monoisotopic (exact) mass is 300 g/mol. The molecule has 0 aromatic carbocycles. The summed E-state index contributed by atoms with van der Waals surface area (Å²) in [5, 5.41) is 6.63. The third-order valence-electron chi connectivity index (χ3n) is 2.78. The molecule has 1 aromatic heterocycles. The van der Waals surface area contributed by atoms with Crippen molar-refractivity contribution in [2.24, 2.45) is 11.7 Å². The number of piperidine rings is 1. The first-order valence-electron chi connectivity index (χ1n) is 6.03. The van der Waals surface area contributed by atoms with Crippen LogP contribution in [-0.2, 0) is 9.59 Å². The number of rotatable bonds is 5. The van der Waals surface area contributed by atoms with Crippen LogP contribution in [0, 0.1) is 5.92 Å². The number of nitrogens with one attached hydrogen (secondary N) is 2. The predicted molar refractivity (Wildman–Crippen MR) is 76.3 cm³/mol. The van der Waals surface area contributed by atoms with Gasteiger partial charge in [0.15, 0.2) is 5.13 Å². The number of aromatic nitrogens is 1. The van der Waals surface area contributed by atoms with E-state index in [9.17, 15) is 9.59 Å². The zero-order valence-electron chi connectivity index (χ0n) is 10.3. The highest BCUT2D eigenvalue weighted by Crippen LogP contribution is 2.28. The van der Waals surface area contributed by atoms with E-state index in [0.29, 0.717) is 5.13 Å². The number of amides is 2. The molecule has 0 unspecified atom stereocenters. The van der Waals surface area contributed by atoms with Gasteiger partial charge in [0.05, 0.1) is 16.2 Å². The van der Waals surface area contributed by atoms with Crippen molar-refractivity contribution in [2.45, 2.75) is 17.1 Å². The van der Waals surface area contributed by atoms with Crippen molar-refractivity contribution in [3.05, 3.63) is 6.20 Å². The Morgan fingerprint density at radius 3 is 2.95 bits per heavy atom. The van der Waals surface area contributed by atoms with Crippen LogP contribution >= 0.6 is 23.1 Å². The van der Waals surface area contributed by atoms with Crippen LogP contribution in [0.15, 0.2) is 10.4 Å². The highest BCUT2D eigenvalue weighted by atomic mass is 32.2. The van der Waals surface area contributed by atoms with E-state index in [1.165, 1.54) is 23.1 Å². The number of primary amides is 1. The molecule has 104 valence electrons. The van der Waals surface area contributed by atoms with Crippen LogP contribution in [0.3, 0.4) is 0 Å². The van der Waals surface area contributed by atoms with Crippen LogP contribution in [0.5, 0.6) is 0 Å². The van der Waals surface area contributed by atoms with Gasteiger partial charge in [-0.25, -0.2) is 4.98 Å². The van der Waals surface area contributed by atoms with E-state index in [1.807, 2.05) is 0 Å². The fourth-order valence-electron chi connectivity index (χ4n) is 1.82. The Bertz CT molecular complexity index is 457. The minimum absolute atomic E-state index is 0.0299. The maximum absolute atomic E-state index is 12.0. The van der Waals surface area contributed by atoms with E-state index < -0.39 is 0 Å². The molecule has 2 heterocycles. The Balaban J connectivity index is 1.84. The normalized spacial score (nSPS) is 16.2. The molecule has 1 fully saturated rings. The van der Waals surface area contributed by atoms with Gasteiger partial charge in [-0.3, -0.25) is 9.59 Å². The number of nitrogens with two attached hydrogens (primary N) is 1. The van der Waals surface area contributed by atoms with E-state index >= 15 is 0 Å². The van der Waals surface area contributed by atoms with Gasteiger partial charge < -0.3 is 16.4 Å². The summed E-state index contributed by atoms with van der Waals surface area (Å²) in [5.74, 6) is -0.0444. The van der Waals surface area contributed by atoms with Crippen molar-refractivity contribution in [3.63, 3.8) is 0 Å². The van der Waals surface area contributed by atoms with E-state index in [4.69, 9.17) is 5.73 Å². The number of thiazole rings is 1. The van der Waals surface area contributed by atoms with Gasteiger partial charge in [-0.1, -0.05) is 11.3 Å². The molecule has 0 radical (unpaired) electrons. The summed E-state index contributed by atoms with van der Waals surface area (Å²) in [6, 6.07) is 0. The van der Waals surface area contributed by atoms with Gasteiger partial charge in [0.1, 0.15) is 0 Å². The largest absolute Gasteiger partial charge is 0.369 e. The van der Waals surface area contributed by atoms with Crippen molar-refractivity contribution in [2.75, 3.05) is 24.2 Å². The van der Waals surface area contributed by atoms with Gasteiger partial charge in [0.25, 0.3) is 0 Å². The Kier molecular flexibility index (Phi) is 5.17. The quantitative estimate of drug-likeness (QED) is 0.694. The third-order valence-corrected chi connectivity index (χ3v) is 4.91. The zero-order valence-corrected chi connectivity index (χ0v) is 12.0. The van der Waals surface area contributed by atoms with Crippen LogP contribution in [0.4, 0.5) is 5.13 Å². The topological polar surface area (TPSA) is 97.1 Å². The second kappa shape index (κ2) is 6.88. The number of thioether (sulfide) groups is 1. The Hall–Kier alpha value is -1.12. The standard InChI is InChI=1S/C11H16N4O2S2/c12-8(16)6-18-9-5-14-11(19-9)15-10(17)7-1-3-13-4-2-7/h5,7,13H,1-4,6H2,(H2,12,16)(H,14,15,17). The summed E-state index contributed by atoms with van der Waals surface area (Å²) < 4.78 is 0.874. The molecular weight excluding hydrogens is 284 g/mol. The average molecular weight is 300 g/mol. The SMILES string of the molecule is NC(=O)CSc1cnc(NC(=O)C2CCNCC2)s1. The minimum Gasteiger partial charge on any atom is -0.369 e. The van der Waals surface area contributed by atoms with Gasteiger partial charge in [0.2, 0.25) is 11.8 Å². The lowest BCUT2D eigenvalue weighted by molar-refractivity contribution is -0.120. The summed E-state index contributed by atoms with van der Waals surface area (Å²) in [6.07, 6.45) is 3.37. The summed E-state index contributed by atoms with van der Waals surface area (Å²) in [6.45, 7) is 1.77. The number of nitrogens with zero attached hydrogens (tertiary/aromatic N) is 1. The van der Waals surface area contributed by atoms with Crippen molar-refractivity contribution in [1.29, 1.82) is 0 Å². The number of anilines is 1. The Morgan fingerprint density at radius 2 is 2.26 bits per heavy atom. The van der Waals surface area contributed by atoms with Crippen LogP contribution in [0.2, 0.25) is 0 Å². The van der Waals surface area contributed by atoms with E-state index in [-0.39, 0.29) is 23.5 Å². The molecule has 0 bridgehead atoms. The fraction of sp³-hybridized carbons (Fsp3) is 0.545. The maximum Gasteiger partial charge on any atom is 0.229 e. The number of hydrogen-bond acceptors (Lipinski definition) is 6. The van der Waals surface area contributed by atoms with Crippen molar-refractivity contribution >= 4 is 40.0 Å². The summed E-state index contributed by atoms with van der Waals surface area (Å²) >= 11 is 2.70. The predicted octanol–water partition coefficient (Wildman–Crippen LogP) is 0.659. The molecule has 2 amide bonds. The van der Waals surface area contributed by atoms with Gasteiger partial charge in [-0.2, -0.15) is 0 Å². The van der Waals surface area contributed by atoms with Gasteiger partial charge >= 0.3 is 0 Å². The van der Waals surface area contributed by atoms with Gasteiger partial charge in [0, 0.05) is 5.92 Å². The summed E-state index contributed by atoms with van der Waals surface area (Å²) in [7, 11) is 0. The first-order valence-corrected chi connectivity index (χ1v) is 7.84. The average Bonchev–Trinajstić information content (AvgIpc) is 2.85. The zero-order chi connectivity index (χ0) is 13.7. The molecule has 0 aliphatic carbocycles. The molecule has 2 rings (SSSR count). The lowest BCUT2D eigenvalue weighted by Gasteiger charge is -2.20. The van der Waals surface area contributed by atoms with E-state index in [2.05, 4.69) is 15.6 Å².